The highest BCUT2D eigenvalue weighted by Crippen LogP contribution is 2.11. The van der Waals surface area contributed by atoms with Crippen molar-refractivity contribution in [3.8, 4) is 0 Å². The zero-order valence-corrected chi connectivity index (χ0v) is 14.1. The van der Waals surface area contributed by atoms with Crippen LogP contribution in [0.15, 0.2) is 24.3 Å². The number of nitrogens with zero attached hydrogens (tertiary/aromatic N) is 2. The Morgan fingerprint density at radius 2 is 1.45 bits per heavy atom. The Bertz CT molecular complexity index is 390. The summed E-state index contributed by atoms with van der Waals surface area (Å²) >= 11 is 0. The van der Waals surface area contributed by atoms with E-state index in [1.807, 2.05) is 0 Å². The molecule has 1 aromatic carbocycles. The van der Waals surface area contributed by atoms with E-state index < -0.39 is 0 Å². The lowest BCUT2D eigenvalue weighted by Gasteiger charge is -2.30. The smallest absolute Gasteiger partial charge is 0.182 e. The maximum Gasteiger partial charge on any atom is 0.182 e. The highest BCUT2D eigenvalue weighted by atomic mass is 16.5. The molecule has 0 radical (unpaired) electrons. The first-order valence-electron chi connectivity index (χ1n) is 7.50. The molecule has 0 N–H and O–H groups in total. The number of likely N-dealkylation sites (N-methyl/N-ethyl adjacent to an activating group) is 1. The van der Waals surface area contributed by atoms with Crippen LogP contribution in [0.25, 0.3) is 0 Å². The third kappa shape index (κ3) is 7.04. The molecule has 20 heavy (non-hydrogen) atoms. The lowest BCUT2D eigenvalue weighted by Crippen LogP contribution is -2.43. The van der Waals surface area contributed by atoms with Gasteiger partial charge in [0, 0.05) is 5.56 Å². The molecular formula is C17H32N2O+2. The Kier molecular flexibility index (Phi) is 6.18. The molecule has 0 atom stereocenters. The van der Waals surface area contributed by atoms with Crippen LogP contribution in [-0.4, -0.2) is 64.1 Å². The van der Waals surface area contributed by atoms with Crippen molar-refractivity contribution in [1.29, 1.82) is 0 Å². The molecule has 0 fully saturated rings. The van der Waals surface area contributed by atoms with Crippen LogP contribution < -0.4 is 0 Å². The average molecular weight is 280 g/mol. The number of hydrogen-bond acceptors (Lipinski definition) is 1. The molecule has 3 nitrogen and oxygen atoms in total. The van der Waals surface area contributed by atoms with Gasteiger partial charge in [0.2, 0.25) is 0 Å². The molecule has 1 rings (SSSR count). The van der Waals surface area contributed by atoms with Gasteiger partial charge in [0.05, 0.1) is 35.2 Å². The van der Waals surface area contributed by atoms with Gasteiger partial charge in [0.25, 0.3) is 0 Å². The molecule has 0 saturated heterocycles. The van der Waals surface area contributed by atoms with Gasteiger partial charge in [0.1, 0.15) is 19.7 Å². The van der Waals surface area contributed by atoms with Gasteiger partial charge in [-0.1, -0.05) is 31.2 Å². The first-order chi connectivity index (χ1) is 9.22. The van der Waals surface area contributed by atoms with E-state index in [0.29, 0.717) is 0 Å². The van der Waals surface area contributed by atoms with Crippen LogP contribution in [0.2, 0.25) is 0 Å². The molecule has 0 aliphatic carbocycles. The van der Waals surface area contributed by atoms with E-state index in [4.69, 9.17) is 4.74 Å². The van der Waals surface area contributed by atoms with E-state index in [1.54, 1.807) is 0 Å². The Morgan fingerprint density at radius 1 is 0.900 bits per heavy atom. The molecule has 1 aromatic rings. The van der Waals surface area contributed by atoms with Gasteiger partial charge in [-0.3, -0.25) is 0 Å². The van der Waals surface area contributed by atoms with Crippen molar-refractivity contribution in [2.75, 3.05) is 55.1 Å². The predicted molar refractivity (Wildman–Crippen MR) is 85.4 cm³/mol. The van der Waals surface area contributed by atoms with Crippen LogP contribution in [0.4, 0.5) is 0 Å². The van der Waals surface area contributed by atoms with Gasteiger partial charge < -0.3 is 13.7 Å². The molecular weight excluding hydrogens is 248 g/mol. The van der Waals surface area contributed by atoms with Crippen LogP contribution in [-0.2, 0) is 17.7 Å². The summed E-state index contributed by atoms with van der Waals surface area (Å²) in [5, 5.41) is 0. The zero-order chi connectivity index (χ0) is 15.2. The summed E-state index contributed by atoms with van der Waals surface area (Å²) in [7, 11) is 11.0. The molecule has 0 spiro atoms. The van der Waals surface area contributed by atoms with Crippen LogP contribution in [0, 0.1) is 0 Å². The largest absolute Gasteiger partial charge is 0.326 e. The maximum atomic E-state index is 5.76. The number of ether oxygens (including phenoxy) is 1. The number of rotatable bonds is 8. The van der Waals surface area contributed by atoms with Crippen LogP contribution in [0.1, 0.15) is 18.1 Å². The minimum absolute atomic E-state index is 0.769. The summed E-state index contributed by atoms with van der Waals surface area (Å²) in [6, 6.07) is 8.99. The SMILES string of the molecule is CCc1ccc(C[N+](C)(C)CCOC[N+](C)(C)C)cc1. The van der Waals surface area contributed by atoms with Crippen molar-refractivity contribution >= 4 is 0 Å². The normalized spacial score (nSPS) is 12.7. The zero-order valence-electron chi connectivity index (χ0n) is 14.1. The first-order valence-corrected chi connectivity index (χ1v) is 7.50. The molecule has 0 saturated carbocycles. The Balaban J connectivity index is 2.40. The number of quaternary nitrogens is 2. The topological polar surface area (TPSA) is 9.23 Å². The fourth-order valence-corrected chi connectivity index (χ4v) is 2.10. The third-order valence-corrected chi connectivity index (χ3v) is 3.36. The van der Waals surface area contributed by atoms with Crippen LogP contribution >= 0.6 is 0 Å². The summed E-state index contributed by atoms with van der Waals surface area (Å²) in [4.78, 5) is 0. The predicted octanol–water partition coefficient (Wildman–Crippen LogP) is 2.51. The molecule has 0 aliphatic rings. The highest BCUT2D eigenvalue weighted by molar-refractivity contribution is 5.21. The van der Waals surface area contributed by atoms with E-state index in [0.717, 1.165) is 41.8 Å². The van der Waals surface area contributed by atoms with Crippen LogP contribution in [0.3, 0.4) is 0 Å². The number of hydrogen-bond donors (Lipinski definition) is 0. The van der Waals surface area contributed by atoms with Gasteiger partial charge in [-0.2, -0.15) is 0 Å². The minimum atomic E-state index is 0.769. The molecule has 0 aliphatic heterocycles. The first kappa shape index (κ1) is 17.2. The molecule has 0 aromatic heterocycles. The molecule has 114 valence electrons. The number of aryl methyl sites for hydroxylation is 1. The lowest BCUT2D eigenvalue weighted by atomic mass is 10.1. The molecule has 0 unspecified atom stereocenters. The van der Waals surface area contributed by atoms with E-state index in [2.05, 4.69) is 66.4 Å². The van der Waals surface area contributed by atoms with Gasteiger partial charge in [-0.05, 0) is 12.0 Å². The van der Waals surface area contributed by atoms with Crippen LogP contribution in [0.5, 0.6) is 0 Å². The van der Waals surface area contributed by atoms with E-state index in [9.17, 15) is 0 Å². The van der Waals surface area contributed by atoms with E-state index in [-0.39, 0.29) is 0 Å². The third-order valence-electron chi connectivity index (χ3n) is 3.36. The van der Waals surface area contributed by atoms with Crippen molar-refractivity contribution in [3.05, 3.63) is 35.4 Å². The quantitative estimate of drug-likeness (QED) is 0.404. The second-order valence-electron chi connectivity index (χ2n) is 7.32. The van der Waals surface area contributed by atoms with Crippen molar-refractivity contribution < 1.29 is 13.7 Å². The summed E-state index contributed by atoms with van der Waals surface area (Å²) in [6.07, 6.45) is 1.11. The Hall–Kier alpha value is -0.900. The summed E-state index contributed by atoms with van der Waals surface area (Å²) < 4.78 is 7.58. The van der Waals surface area contributed by atoms with Crippen molar-refractivity contribution in [2.45, 2.75) is 19.9 Å². The second kappa shape index (κ2) is 7.21. The molecule has 0 heterocycles. The van der Waals surface area contributed by atoms with Gasteiger partial charge in [-0.25, -0.2) is 0 Å². The summed E-state index contributed by atoms with van der Waals surface area (Å²) in [6.45, 7) is 5.87. The molecule has 0 amide bonds. The van der Waals surface area contributed by atoms with Gasteiger partial charge in [0.15, 0.2) is 6.73 Å². The highest BCUT2D eigenvalue weighted by Gasteiger charge is 2.16. The molecule has 0 bridgehead atoms. The second-order valence-corrected chi connectivity index (χ2v) is 7.32. The fraction of sp³-hybridized carbons (Fsp3) is 0.647. The molecule has 3 heteroatoms. The standard InChI is InChI=1S/C17H32N2O/c1-7-16-8-10-17(11-9-16)14-19(5,6)12-13-20-15-18(2,3)4/h8-11H,7,12-15H2,1-6H3/q+2. The Labute approximate surface area is 124 Å². The lowest BCUT2D eigenvalue weighted by molar-refractivity contribution is -0.910. The van der Waals surface area contributed by atoms with Crippen molar-refractivity contribution in [3.63, 3.8) is 0 Å². The minimum Gasteiger partial charge on any atom is -0.326 e. The van der Waals surface area contributed by atoms with Crippen molar-refractivity contribution in [1.82, 2.24) is 0 Å². The van der Waals surface area contributed by atoms with E-state index in [1.165, 1.54) is 11.1 Å². The monoisotopic (exact) mass is 280 g/mol. The fourth-order valence-electron chi connectivity index (χ4n) is 2.10. The van der Waals surface area contributed by atoms with Gasteiger partial charge in [-0.15, -0.1) is 0 Å². The van der Waals surface area contributed by atoms with E-state index >= 15 is 0 Å². The maximum absolute atomic E-state index is 5.76. The van der Waals surface area contributed by atoms with Gasteiger partial charge >= 0.3 is 0 Å². The summed E-state index contributed by atoms with van der Waals surface area (Å²) in [5.41, 5.74) is 2.81. The Morgan fingerprint density at radius 3 is 1.95 bits per heavy atom. The summed E-state index contributed by atoms with van der Waals surface area (Å²) in [5.74, 6) is 0. The average Bonchev–Trinajstić information content (AvgIpc) is 2.34. The van der Waals surface area contributed by atoms with Crippen molar-refractivity contribution in [2.24, 2.45) is 0 Å². The number of benzene rings is 1.